The monoisotopic (exact) mass is 390 g/mol. The minimum atomic E-state index is -2.73. The van der Waals surface area contributed by atoms with E-state index in [1.807, 2.05) is 0 Å². The van der Waals surface area contributed by atoms with Gasteiger partial charge in [-0.3, -0.25) is 4.79 Å². The Morgan fingerprint density at radius 3 is 2.22 bits per heavy atom. The Morgan fingerprint density at radius 1 is 1.07 bits per heavy atom. The van der Waals surface area contributed by atoms with E-state index < -0.39 is 17.1 Å². The maximum absolute atomic E-state index is 13.2. The topological polar surface area (TPSA) is 69.0 Å². The van der Waals surface area contributed by atoms with Gasteiger partial charge < -0.3 is 0 Å². The molecule has 1 heterocycles. The minimum absolute atomic E-state index is 0.0797. The molecule has 0 atom stereocenters. The molecule has 140 valence electrons. The van der Waals surface area contributed by atoms with Crippen molar-refractivity contribution in [2.24, 2.45) is 0 Å². The normalized spacial score (nSPS) is 11.3. The summed E-state index contributed by atoms with van der Waals surface area (Å²) >= 11 is 0. The van der Waals surface area contributed by atoms with Gasteiger partial charge in [0.25, 0.3) is 6.43 Å². The van der Waals surface area contributed by atoms with Crippen LogP contribution in [-0.4, -0.2) is 24.0 Å². The lowest BCUT2D eigenvalue weighted by molar-refractivity contribution is 0.101. The summed E-state index contributed by atoms with van der Waals surface area (Å²) in [7, 11) is -2.54. The van der Waals surface area contributed by atoms with Crippen LogP contribution in [0, 0.1) is 0 Å². The van der Waals surface area contributed by atoms with Gasteiger partial charge in [-0.1, -0.05) is 24.3 Å². The number of carbonyl (C=O) groups is 1. The van der Waals surface area contributed by atoms with Crippen molar-refractivity contribution < 1.29 is 22.0 Å². The fourth-order valence-corrected chi connectivity index (χ4v) is 3.18. The van der Waals surface area contributed by atoms with Gasteiger partial charge in [-0.05, 0) is 42.8 Å². The summed E-state index contributed by atoms with van der Waals surface area (Å²) in [5.74, 6) is -0.174. The molecule has 3 aromatic rings. The van der Waals surface area contributed by atoms with Gasteiger partial charge in [0.2, 0.25) is 0 Å². The van der Waals surface area contributed by atoms with E-state index in [0.29, 0.717) is 28.1 Å². The molecule has 0 fully saturated rings. The lowest BCUT2D eigenvalue weighted by Crippen LogP contribution is -2.01. The molecule has 5 nitrogen and oxygen atoms in total. The third-order valence-corrected chi connectivity index (χ3v) is 4.65. The Morgan fingerprint density at radius 2 is 1.70 bits per heavy atom. The molecule has 0 aliphatic rings. The molecule has 0 spiro atoms. The third-order valence-electron chi connectivity index (χ3n) is 4.03. The predicted molar refractivity (Wildman–Crippen MR) is 98.0 cm³/mol. The highest BCUT2D eigenvalue weighted by atomic mass is 32.2. The molecule has 0 saturated heterocycles. The van der Waals surface area contributed by atoms with Gasteiger partial charge in [0.15, 0.2) is 5.78 Å². The SMILES string of the molecule is CC(=O)c1ccc(-n2nc(C(F)F)cc2-c2ccc(C[SH](=O)=O)cc2)cc1. The number of thiol groups is 1. The Bertz CT molecular complexity index is 1030. The molecule has 0 bridgehead atoms. The van der Waals surface area contributed by atoms with Crippen LogP contribution in [0.25, 0.3) is 16.9 Å². The van der Waals surface area contributed by atoms with Gasteiger partial charge in [0, 0.05) is 11.1 Å². The number of alkyl halides is 2. The predicted octanol–water partition coefficient (Wildman–Crippen LogP) is 3.79. The number of hydrogen-bond acceptors (Lipinski definition) is 4. The van der Waals surface area contributed by atoms with Crippen molar-refractivity contribution in [3.63, 3.8) is 0 Å². The van der Waals surface area contributed by atoms with E-state index in [4.69, 9.17) is 0 Å². The van der Waals surface area contributed by atoms with Crippen LogP contribution in [0.1, 0.15) is 35.0 Å². The smallest absolute Gasteiger partial charge is 0.282 e. The average molecular weight is 390 g/mol. The van der Waals surface area contributed by atoms with E-state index in [2.05, 4.69) is 5.10 Å². The number of hydrogen-bond donors (Lipinski definition) is 1. The number of Topliss-reactive ketones (excluding diaryl/α,β-unsaturated/α-hetero) is 1. The van der Waals surface area contributed by atoms with Crippen molar-refractivity contribution in [2.45, 2.75) is 19.1 Å². The second-order valence-corrected chi connectivity index (χ2v) is 6.94. The second kappa shape index (κ2) is 7.79. The molecule has 2 aromatic carbocycles. The van der Waals surface area contributed by atoms with E-state index >= 15 is 0 Å². The first-order chi connectivity index (χ1) is 12.8. The van der Waals surface area contributed by atoms with Crippen molar-refractivity contribution in [3.05, 3.63) is 71.4 Å². The summed E-state index contributed by atoms with van der Waals surface area (Å²) in [5.41, 5.74) is 2.35. The van der Waals surface area contributed by atoms with Crippen LogP contribution >= 0.6 is 0 Å². The molecule has 0 unspecified atom stereocenters. The van der Waals surface area contributed by atoms with Crippen molar-refractivity contribution in [2.75, 3.05) is 0 Å². The van der Waals surface area contributed by atoms with Crippen LogP contribution in [0.2, 0.25) is 0 Å². The summed E-state index contributed by atoms with van der Waals surface area (Å²) < 4.78 is 49.4. The number of carbonyl (C=O) groups excluding carboxylic acids is 1. The zero-order valence-corrected chi connectivity index (χ0v) is 15.2. The summed E-state index contributed by atoms with van der Waals surface area (Å²) in [6.07, 6.45) is -2.73. The fraction of sp³-hybridized carbons (Fsp3) is 0.158. The minimum Gasteiger partial charge on any atom is -0.295 e. The first-order valence-electron chi connectivity index (χ1n) is 8.06. The maximum Gasteiger partial charge on any atom is 0.282 e. The van der Waals surface area contributed by atoms with Crippen molar-refractivity contribution in [3.8, 4) is 16.9 Å². The number of rotatable bonds is 6. The highest BCUT2D eigenvalue weighted by Gasteiger charge is 2.18. The quantitative estimate of drug-likeness (QED) is 0.514. The average Bonchev–Trinajstić information content (AvgIpc) is 3.07. The van der Waals surface area contributed by atoms with Crippen LogP contribution in [0.15, 0.2) is 54.6 Å². The Hall–Kier alpha value is -2.87. The highest BCUT2D eigenvalue weighted by Crippen LogP contribution is 2.28. The summed E-state index contributed by atoms with van der Waals surface area (Å²) in [4.78, 5) is 11.4. The number of ketones is 1. The highest BCUT2D eigenvalue weighted by molar-refractivity contribution is 7.71. The molecule has 0 aliphatic heterocycles. The zero-order chi connectivity index (χ0) is 19.6. The Balaban J connectivity index is 2.05. The summed E-state index contributed by atoms with van der Waals surface area (Å²) in [5, 5.41) is 3.99. The number of nitrogens with zero attached hydrogens (tertiary/aromatic N) is 2. The first kappa shape index (κ1) is 18.9. The van der Waals surface area contributed by atoms with Crippen molar-refractivity contribution in [1.29, 1.82) is 0 Å². The summed E-state index contributed by atoms with van der Waals surface area (Å²) in [6, 6.07) is 14.4. The molecule has 27 heavy (non-hydrogen) atoms. The molecule has 3 rings (SSSR count). The van der Waals surface area contributed by atoms with Crippen LogP contribution < -0.4 is 0 Å². The van der Waals surface area contributed by atoms with Gasteiger partial charge in [-0.2, -0.15) is 5.10 Å². The first-order valence-corrected chi connectivity index (χ1v) is 9.42. The van der Waals surface area contributed by atoms with Gasteiger partial charge in [0.05, 0.1) is 17.1 Å². The molecule has 0 amide bonds. The molecule has 8 heteroatoms. The maximum atomic E-state index is 13.2. The Kier molecular flexibility index (Phi) is 5.46. The Labute approximate surface area is 156 Å². The molecule has 1 aromatic heterocycles. The van der Waals surface area contributed by atoms with Crippen LogP contribution in [0.3, 0.4) is 0 Å². The van der Waals surface area contributed by atoms with Gasteiger partial charge >= 0.3 is 0 Å². The summed E-state index contributed by atoms with van der Waals surface area (Å²) in [6.45, 7) is 1.44. The zero-order valence-electron chi connectivity index (χ0n) is 14.3. The molecule has 0 radical (unpaired) electrons. The second-order valence-electron chi connectivity index (χ2n) is 5.96. The number of halogens is 2. The van der Waals surface area contributed by atoms with E-state index in [9.17, 15) is 22.0 Å². The van der Waals surface area contributed by atoms with E-state index in [1.165, 1.54) is 17.7 Å². The largest absolute Gasteiger partial charge is 0.295 e. The van der Waals surface area contributed by atoms with Gasteiger partial charge in [-0.25, -0.2) is 21.9 Å². The standard InChI is InChI=1S/C19H16F2N2O3S/c1-12(24)14-6-8-16(9-7-14)23-18(10-17(22-23)19(20)21)15-4-2-13(3-5-15)11-27(25)26/h2-10,19,27H,11H2,1H3. The molecule has 0 saturated carbocycles. The molecule has 0 aliphatic carbocycles. The van der Waals surface area contributed by atoms with Crippen molar-refractivity contribution >= 4 is 16.5 Å². The number of aromatic nitrogens is 2. The van der Waals surface area contributed by atoms with E-state index in [-0.39, 0.29) is 17.2 Å². The lowest BCUT2D eigenvalue weighted by Gasteiger charge is -2.09. The van der Waals surface area contributed by atoms with E-state index in [1.54, 1.807) is 48.5 Å². The van der Waals surface area contributed by atoms with E-state index in [0.717, 1.165) is 0 Å². The third kappa shape index (κ3) is 4.28. The fourth-order valence-electron chi connectivity index (χ4n) is 2.68. The van der Waals surface area contributed by atoms with Crippen LogP contribution in [-0.2, 0) is 16.5 Å². The van der Waals surface area contributed by atoms with Crippen LogP contribution in [0.4, 0.5) is 8.78 Å². The van der Waals surface area contributed by atoms with Crippen LogP contribution in [0.5, 0.6) is 0 Å². The molecular formula is C19H16F2N2O3S. The number of benzene rings is 2. The lowest BCUT2D eigenvalue weighted by atomic mass is 10.1. The van der Waals surface area contributed by atoms with Gasteiger partial charge in [-0.15, -0.1) is 0 Å². The molecular weight excluding hydrogens is 374 g/mol. The van der Waals surface area contributed by atoms with Gasteiger partial charge in [0.1, 0.15) is 16.4 Å². The van der Waals surface area contributed by atoms with Crippen molar-refractivity contribution in [1.82, 2.24) is 9.78 Å². The molecule has 0 N–H and O–H groups in total.